The molecule has 0 saturated carbocycles. The maximum atomic E-state index is 12.8. The lowest BCUT2D eigenvalue weighted by molar-refractivity contribution is 0.0600. The molecular formula is C16H17N3O3S. The zero-order valence-corrected chi connectivity index (χ0v) is 13.8. The van der Waals surface area contributed by atoms with Crippen molar-refractivity contribution in [2.45, 2.75) is 25.8 Å². The monoisotopic (exact) mass is 331 g/mol. The van der Waals surface area contributed by atoms with Crippen LogP contribution in [0.1, 0.15) is 50.4 Å². The number of pyridine rings is 1. The number of amides is 1. The molecule has 0 aliphatic carbocycles. The molecule has 1 saturated heterocycles. The van der Waals surface area contributed by atoms with Crippen LogP contribution in [0.2, 0.25) is 0 Å². The summed E-state index contributed by atoms with van der Waals surface area (Å²) in [6.07, 6.45) is 3.29. The fourth-order valence-electron chi connectivity index (χ4n) is 2.73. The normalized spacial score (nSPS) is 17.3. The largest absolute Gasteiger partial charge is 0.465 e. The molecule has 2 aromatic rings. The first kappa shape index (κ1) is 15.6. The van der Waals surface area contributed by atoms with Gasteiger partial charge in [0.05, 0.1) is 18.7 Å². The fraction of sp³-hybridized carbons (Fsp3) is 0.375. The van der Waals surface area contributed by atoms with Gasteiger partial charge >= 0.3 is 5.97 Å². The second-order valence-corrected chi connectivity index (χ2v) is 6.29. The van der Waals surface area contributed by atoms with Gasteiger partial charge in [-0.2, -0.15) is 0 Å². The maximum absolute atomic E-state index is 12.8. The van der Waals surface area contributed by atoms with E-state index < -0.39 is 5.97 Å². The standard InChI is InChI=1S/C16H17N3O3S/c1-10-9-23-14(18-10)13-4-3-7-19(13)15(20)12-8-11(5-6-17-12)16(21)22-2/h5-6,8-9,13H,3-4,7H2,1-2H3. The van der Waals surface area contributed by atoms with E-state index in [1.807, 2.05) is 12.3 Å². The highest BCUT2D eigenvalue weighted by Crippen LogP contribution is 2.34. The zero-order valence-electron chi connectivity index (χ0n) is 13.0. The molecule has 23 heavy (non-hydrogen) atoms. The van der Waals surface area contributed by atoms with Crippen LogP contribution in [-0.2, 0) is 4.74 Å². The van der Waals surface area contributed by atoms with E-state index in [9.17, 15) is 9.59 Å². The third kappa shape index (κ3) is 3.10. The highest BCUT2D eigenvalue weighted by Gasteiger charge is 2.33. The third-order valence-corrected chi connectivity index (χ3v) is 4.90. The molecule has 120 valence electrons. The summed E-state index contributed by atoms with van der Waals surface area (Å²) >= 11 is 1.58. The SMILES string of the molecule is COC(=O)c1ccnc(C(=O)N2CCCC2c2nc(C)cs2)c1. The van der Waals surface area contributed by atoms with E-state index >= 15 is 0 Å². The van der Waals surface area contributed by atoms with Crippen LogP contribution in [0.4, 0.5) is 0 Å². The number of aromatic nitrogens is 2. The molecule has 1 aliphatic heterocycles. The molecule has 0 spiro atoms. The first-order valence-electron chi connectivity index (χ1n) is 7.37. The van der Waals surface area contributed by atoms with Gasteiger partial charge in [0.25, 0.3) is 5.91 Å². The van der Waals surface area contributed by atoms with Gasteiger partial charge in [0, 0.05) is 23.8 Å². The van der Waals surface area contributed by atoms with Crippen LogP contribution < -0.4 is 0 Å². The molecule has 3 rings (SSSR count). The first-order valence-corrected chi connectivity index (χ1v) is 8.25. The maximum Gasteiger partial charge on any atom is 0.337 e. The van der Waals surface area contributed by atoms with E-state index in [-0.39, 0.29) is 17.6 Å². The predicted octanol–water partition coefficient (Wildman–Crippen LogP) is 2.61. The zero-order chi connectivity index (χ0) is 16.4. The van der Waals surface area contributed by atoms with Crippen LogP contribution >= 0.6 is 11.3 Å². The average molecular weight is 331 g/mol. The molecule has 1 fully saturated rings. The summed E-state index contributed by atoms with van der Waals surface area (Å²) in [5.41, 5.74) is 1.55. The van der Waals surface area contributed by atoms with Crippen molar-refractivity contribution < 1.29 is 14.3 Å². The molecule has 1 unspecified atom stereocenters. The van der Waals surface area contributed by atoms with Crippen LogP contribution in [0.15, 0.2) is 23.7 Å². The number of thiazole rings is 1. The summed E-state index contributed by atoms with van der Waals surface area (Å²) in [6, 6.07) is 3.01. The van der Waals surface area contributed by atoms with Gasteiger partial charge < -0.3 is 9.64 Å². The van der Waals surface area contributed by atoms with Crippen molar-refractivity contribution in [2.24, 2.45) is 0 Å². The van der Waals surface area contributed by atoms with Crippen LogP contribution in [0.5, 0.6) is 0 Å². The number of methoxy groups -OCH3 is 1. The Bertz CT molecular complexity index is 744. The Morgan fingerprint density at radius 1 is 1.43 bits per heavy atom. The first-order chi connectivity index (χ1) is 11.1. The van der Waals surface area contributed by atoms with Gasteiger partial charge in [0.15, 0.2) is 0 Å². The van der Waals surface area contributed by atoms with Crippen molar-refractivity contribution in [3.8, 4) is 0 Å². The Hall–Kier alpha value is -2.28. The molecule has 6 nitrogen and oxygen atoms in total. The number of ether oxygens (including phenoxy) is 1. The molecule has 1 amide bonds. The predicted molar refractivity (Wildman–Crippen MR) is 85.4 cm³/mol. The number of hydrogen-bond donors (Lipinski definition) is 0. The number of likely N-dealkylation sites (tertiary alicyclic amines) is 1. The van der Waals surface area contributed by atoms with E-state index in [2.05, 4.69) is 14.7 Å². The lowest BCUT2D eigenvalue weighted by Crippen LogP contribution is -2.31. The van der Waals surface area contributed by atoms with Gasteiger partial charge in [-0.05, 0) is 31.9 Å². The highest BCUT2D eigenvalue weighted by atomic mass is 32.1. The lowest BCUT2D eigenvalue weighted by Gasteiger charge is -2.22. The second kappa shape index (κ2) is 6.45. The minimum absolute atomic E-state index is 0.00946. The van der Waals surface area contributed by atoms with Gasteiger partial charge in [-0.25, -0.2) is 9.78 Å². The van der Waals surface area contributed by atoms with Gasteiger partial charge in [0.2, 0.25) is 0 Å². The summed E-state index contributed by atoms with van der Waals surface area (Å²) in [5.74, 6) is -0.652. The van der Waals surface area contributed by atoms with Crippen LogP contribution in [0.25, 0.3) is 0 Å². The number of rotatable bonds is 3. The van der Waals surface area contributed by atoms with Gasteiger partial charge in [-0.1, -0.05) is 0 Å². The van der Waals surface area contributed by atoms with Crippen molar-refractivity contribution in [2.75, 3.05) is 13.7 Å². The van der Waals surface area contributed by atoms with Crippen LogP contribution in [0, 0.1) is 6.92 Å². The summed E-state index contributed by atoms with van der Waals surface area (Å²) in [6.45, 7) is 2.62. The van der Waals surface area contributed by atoms with E-state index in [1.165, 1.54) is 25.4 Å². The Morgan fingerprint density at radius 3 is 2.96 bits per heavy atom. The Kier molecular flexibility index (Phi) is 4.38. The Labute approximate surface area is 138 Å². The summed E-state index contributed by atoms with van der Waals surface area (Å²) in [4.78, 5) is 34.8. The summed E-state index contributed by atoms with van der Waals surface area (Å²) in [7, 11) is 1.31. The summed E-state index contributed by atoms with van der Waals surface area (Å²) in [5, 5.41) is 2.95. The van der Waals surface area contributed by atoms with E-state index in [0.717, 1.165) is 23.5 Å². The third-order valence-electron chi connectivity index (χ3n) is 3.84. The lowest BCUT2D eigenvalue weighted by atomic mass is 10.2. The van der Waals surface area contributed by atoms with Crippen LogP contribution in [0.3, 0.4) is 0 Å². The molecule has 0 aromatic carbocycles. The number of carbonyl (C=O) groups excluding carboxylic acids is 2. The molecule has 1 atom stereocenters. The van der Waals surface area contributed by atoms with E-state index in [1.54, 1.807) is 16.2 Å². The van der Waals surface area contributed by atoms with Crippen molar-refractivity contribution in [3.05, 3.63) is 45.7 Å². The molecule has 0 N–H and O–H groups in total. The van der Waals surface area contributed by atoms with Crippen molar-refractivity contribution in [3.63, 3.8) is 0 Å². The number of nitrogens with zero attached hydrogens (tertiary/aromatic N) is 3. The Morgan fingerprint density at radius 2 is 2.26 bits per heavy atom. The number of esters is 1. The molecule has 2 aromatic heterocycles. The quantitative estimate of drug-likeness (QED) is 0.808. The molecule has 0 bridgehead atoms. The minimum Gasteiger partial charge on any atom is -0.465 e. The molecular weight excluding hydrogens is 314 g/mol. The van der Waals surface area contributed by atoms with E-state index in [0.29, 0.717) is 12.1 Å². The average Bonchev–Trinajstić information content (AvgIpc) is 3.22. The topological polar surface area (TPSA) is 72.4 Å². The van der Waals surface area contributed by atoms with Gasteiger partial charge in [-0.15, -0.1) is 11.3 Å². The number of aryl methyl sites for hydroxylation is 1. The molecule has 7 heteroatoms. The van der Waals surface area contributed by atoms with Crippen LogP contribution in [-0.4, -0.2) is 40.4 Å². The molecule has 1 aliphatic rings. The molecule has 0 radical (unpaired) electrons. The van der Waals surface area contributed by atoms with Crippen molar-refractivity contribution >= 4 is 23.2 Å². The Balaban J connectivity index is 1.86. The van der Waals surface area contributed by atoms with E-state index in [4.69, 9.17) is 0 Å². The van der Waals surface area contributed by atoms with Gasteiger partial charge in [0.1, 0.15) is 10.7 Å². The minimum atomic E-state index is -0.477. The number of hydrogen-bond acceptors (Lipinski definition) is 6. The highest BCUT2D eigenvalue weighted by molar-refractivity contribution is 7.09. The van der Waals surface area contributed by atoms with Crippen molar-refractivity contribution in [1.82, 2.24) is 14.9 Å². The van der Waals surface area contributed by atoms with Crippen molar-refractivity contribution in [1.29, 1.82) is 0 Å². The number of carbonyl (C=O) groups is 2. The fourth-order valence-corrected chi connectivity index (χ4v) is 3.67. The van der Waals surface area contributed by atoms with Gasteiger partial charge in [-0.3, -0.25) is 9.78 Å². The summed E-state index contributed by atoms with van der Waals surface area (Å²) < 4.78 is 4.69. The second-order valence-electron chi connectivity index (χ2n) is 5.41. The molecule has 3 heterocycles. The smallest absolute Gasteiger partial charge is 0.337 e.